The minimum absolute atomic E-state index is 0.107. The predicted molar refractivity (Wildman–Crippen MR) is 73.6 cm³/mol. The van der Waals surface area contributed by atoms with E-state index in [1.807, 2.05) is 13.0 Å². The summed E-state index contributed by atoms with van der Waals surface area (Å²) in [5.41, 5.74) is 1.00. The van der Waals surface area contributed by atoms with Crippen molar-refractivity contribution in [3.8, 4) is 0 Å². The van der Waals surface area contributed by atoms with Crippen LogP contribution in [0.15, 0.2) is 22.7 Å². The van der Waals surface area contributed by atoms with Crippen molar-refractivity contribution in [1.82, 2.24) is 5.32 Å². The first kappa shape index (κ1) is 15.1. The summed E-state index contributed by atoms with van der Waals surface area (Å²) in [5, 5.41) is 13.9. The Morgan fingerprint density at radius 2 is 2.22 bits per heavy atom. The number of ether oxygens (including phenoxy) is 1. The lowest BCUT2D eigenvalue weighted by atomic mass is 10.2. The average Bonchev–Trinajstić information content (AvgIpc) is 2.33. The van der Waals surface area contributed by atoms with Crippen LogP contribution in [0.25, 0.3) is 0 Å². The van der Waals surface area contributed by atoms with Gasteiger partial charge in [-0.2, -0.15) is 0 Å². The van der Waals surface area contributed by atoms with Crippen LogP contribution in [0.3, 0.4) is 0 Å². The Hall–Kier alpha value is -0.980. The molecule has 1 N–H and O–H groups in total. The van der Waals surface area contributed by atoms with Gasteiger partial charge in [0, 0.05) is 36.4 Å². The molecular formula is C12H17BrN2O3. The summed E-state index contributed by atoms with van der Waals surface area (Å²) in [6, 6.07) is 4.96. The summed E-state index contributed by atoms with van der Waals surface area (Å²) in [5.74, 6) is 0. The molecule has 0 spiro atoms. The highest BCUT2D eigenvalue weighted by Crippen LogP contribution is 2.21. The van der Waals surface area contributed by atoms with E-state index in [1.165, 1.54) is 6.07 Å². The summed E-state index contributed by atoms with van der Waals surface area (Å²) < 4.78 is 5.94. The first-order valence-corrected chi connectivity index (χ1v) is 6.65. The number of nitrogens with zero attached hydrogens (tertiary/aromatic N) is 1. The molecule has 1 rings (SSSR count). The van der Waals surface area contributed by atoms with Gasteiger partial charge in [-0.15, -0.1) is 0 Å². The van der Waals surface area contributed by atoms with Crippen LogP contribution in [-0.2, 0) is 11.3 Å². The Morgan fingerprint density at radius 3 is 2.89 bits per heavy atom. The van der Waals surface area contributed by atoms with E-state index in [4.69, 9.17) is 4.74 Å². The van der Waals surface area contributed by atoms with Gasteiger partial charge >= 0.3 is 0 Å². The third kappa shape index (κ3) is 5.57. The molecule has 0 saturated carbocycles. The number of hydrogen-bond acceptors (Lipinski definition) is 4. The fourth-order valence-electron chi connectivity index (χ4n) is 1.52. The first-order chi connectivity index (χ1) is 8.63. The molecular weight excluding hydrogens is 300 g/mol. The zero-order valence-corrected chi connectivity index (χ0v) is 11.9. The monoisotopic (exact) mass is 316 g/mol. The van der Waals surface area contributed by atoms with Gasteiger partial charge in [0.15, 0.2) is 0 Å². The maximum absolute atomic E-state index is 10.7. The largest absolute Gasteiger partial charge is 0.382 e. The summed E-state index contributed by atoms with van der Waals surface area (Å²) in [7, 11) is 0. The third-order valence-electron chi connectivity index (χ3n) is 2.33. The molecule has 1 aromatic carbocycles. The van der Waals surface area contributed by atoms with Crippen LogP contribution < -0.4 is 5.32 Å². The molecule has 100 valence electrons. The molecule has 18 heavy (non-hydrogen) atoms. The van der Waals surface area contributed by atoms with Crippen LogP contribution in [0.1, 0.15) is 18.9 Å². The van der Waals surface area contributed by atoms with Crippen molar-refractivity contribution < 1.29 is 9.66 Å². The van der Waals surface area contributed by atoms with Gasteiger partial charge in [0.1, 0.15) is 0 Å². The Kier molecular flexibility index (Phi) is 6.85. The minimum Gasteiger partial charge on any atom is -0.382 e. The topological polar surface area (TPSA) is 64.4 Å². The van der Waals surface area contributed by atoms with E-state index >= 15 is 0 Å². The van der Waals surface area contributed by atoms with Crippen LogP contribution >= 0.6 is 15.9 Å². The van der Waals surface area contributed by atoms with Crippen molar-refractivity contribution in [3.63, 3.8) is 0 Å². The smallest absolute Gasteiger partial charge is 0.270 e. The Labute approximate surface area is 115 Å². The van der Waals surface area contributed by atoms with E-state index in [-0.39, 0.29) is 10.6 Å². The molecule has 0 aromatic heterocycles. The average molecular weight is 317 g/mol. The Bertz CT molecular complexity index is 399. The fraction of sp³-hybridized carbons (Fsp3) is 0.500. The second-order valence-corrected chi connectivity index (χ2v) is 4.72. The number of hydrogen-bond donors (Lipinski definition) is 1. The number of benzene rings is 1. The van der Waals surface area contributed by atoms with Crippen molar-refractivity contribution in [2.24, 2.45) is 0 Å². The van der Waals surface area contributed by atoms with E-state index in [1.54, 1.807) is 6.07 Å². The van der Waals surface area contributed by atoms with Gasteiger partial charge in [0.2, 0.25) is 0 Å². The number of nitro benzene ring substituents is 1. The molecule has 0 amide bonds. The maximum atomic E-state index is 10.7. The highest BCUT2D eigenvalue weighted by atomic mass is 79.9. The van der Waals surface area contributed by atoms with Crippen LogP contribution in [0.2, 0.25) is 0 Å². The lowest BCUT2D eigenvalue weighted by Crippen LogP contribution is -2.16. The van der Waals surface area contributed by atoms with Crippen LogP contribution in [-0.4, -0.2) is 24.7 Å². The molecule has 0 aliphatic rings. The second kappa shape index (κ2) is 8.18. The molecule has 6 heteroatoms. The van der Waals surface area contributed by atoms with E-state index in [9.17, 15) is 10.1 Å². The summed E-state index contributed by atoms with van der Waals surface area (Å²) in [6.45, 7) is 4.89. The Morgan fingerprint density at radius 1 is 1.44 bits per heavy atom. The SMILES string of the molecule is CCOCCCNCc1cc(Br)cc([N+](=O)[O-])c1. The summed E-state index contributed by atoms with van der Waals surface area (Å²) in [4.78, 5) is 10.3. The van der Waals surface area contributed by atoms with Crippen molar-refractivity contribution in [1.29, 1.82) is 0 Å². The molecule has 0 aliphatic heterocycles. The highest BCUT2D eigenvalue weighted by Gasteiger charge is 2.08. The van der Waals surface area contributed by atoms with Crippen molar-refractivity contribution >= 4 is 21.6 Å². The van der Waals surface area contributed by atoms with Gasteiger partial charge in [0.05, 0.1) is 4.92 Å². The highest BCUT2D eigenvalue weighted by molar-refractivity contribution is 9.10. The first-order valence-electron chi connectivity index (χ1n) is 5.85. The number of nitro groups is 1. The second-order valence-electron chi connectivity index (χ2n) is 3.80. The van der Waals surface area contributed by atoms with E-state index in [0.717, 1.165) is 36.2 Å². The molecule has 0 aliphatic carbocycles. The fourth-order valence-corrected chi connectivity index (χ4v) is 2.05. The predicted octanol–water partition coefficient (Wildman–Crippen LogP) is 2.87. The van der Waals surface area contributed by atoms with E-state index < -0.39 is 0 Å². The molecule has 0 heterocycles. The number of halogens is 1. The number of rotatable bonds is 8. The van der Waals surface area contributed by atoms with Crippen molar-refractivity contribution in [2.45, 2.75) is 19.9 Å². The van der Waals surface area contributed by atoms with Crippen LogP contribution in [0.5, 0.6) is 0 Å². The molecule has 0 unspecified atom stereocenters. The maximum Gasteiger partial charge on any atom is 0.270 e. The molecule has 5 nitrogen and oxygen atoms in total. The standard InChI is InChI=1S/C12H17BrN2O3/c1-2-18-5-3-4-14-9-10-6-11(13)8-12(7-10)15(16)17/h6-8,14H,2-5,9H2,1H3. The summed E-state index contributed by atoms with van der Waals surface area (Å²) in [6.07, 6.45) is 0.934. The van der Waals surface area contributed by atoms with Gasteiger partial charge in [-0.3, -0.25) is 10.1 Å². The van der Waals surface area contributed by atoms with Crippen molar-refractivity contribution in [2.75, 3.05) is 19.8 Å². The van der Waals surface area contributed by atoms with Gasteiger partial charge in [-0.1, -0.05) is 15.9 Å². The van der Waals surface area contributed by atoms with Crippen LogP contribution in [0, 0.1) is 10.1 Å². The van der Waals surface area contributed by atoms with Gasteiger partial charge < -0.3 is 10.1 Å². The molecule has 0 saturated heterocycles. The quantitative estimate of drug-likeness (QED) is 0.455. The molecule has 0 atom stereocenters. The Balaban J connectivity index is 2.40. The van der Waals surface area contributed by atoms with E-state index in [2.05, 4.69) is 21.2 Å². The number of non-ortho nitro benzene ring substituents is 1. The molecule has 0 radical (unpaired) electrons. The number of nitrogens with one attached hydrogen (secondary N) is 1. The lowest BCUT2D eigenvalue weighted by molar-refractivity contribution is -0.385. The van der Waals surface area contributed by atoms with Crippen LogP contribution in [0.4, 0.5) is 5.69 Å². The molecule has 1 aromatic rings. The zero-order valence-electron chi connectivity index (χ0n) is 10.3. The lowest BCUT2D eigenvalue weighted by Gasteiger charge is -2.05. The van der Waals surface area contributed by atoms with Gasteiger partial charge in [-0.05, 0) is 31.5 Å². The van der Waals surface area contributed by atoms with Crippen molar-refractivity contribution in [3.05, 3.63) is 38.3 Å². The minimum atomic E-state index is -0.386. The zero-order chi connectivity index (χ0) is 13.4. The molecule has 0 fully saturated rings. The molecule has 0 bridgehead atoms. The summed E-state index contributed by atoms with van der Waals surface area (Å²) >= 11 is 3.27. The van der Waals surface area contributed by atoms with Gasteiger partial charge in [-0.25, -0.2) is 0 Å². The van der Waals surface area contributed by atoms with Gasteiger partial charge in [0.25, 0.3) is 5.69 Å². The normalized spacial score (nSPS) is 10.6. The van der Waals surface area contributed by atoms with E-state index in [0.29, 0.717) is 6.54 Å². The third-order valence-corrected chi connectivity index (χ3v) is 2.79.